The molecule has 1 aliphatic rings. The molecule has 1 aliphatic heterocycles. The third kappa shape index (κ3) is 4.48. The number of nitrogens with zero attached hydrogens (tertiary/aromatic N) is 4. The molecule has 1 saturated heterocycles. The van der Waals surface area contributed by atoms with Gasteiger partial charge in [-0.1, -0.05) is 31.8 Å². The van der Waals surface area contributed by atoms with Crippen molar-refractivity contribution in [3.63, 3.8) is 0 Å². The first kappa shape index (κ1) is 20.5. The van der Waals surface area contributed by atoms with Gasteiger partial charge in [-0.15, -0.1) is 0 Å². The number of hydrogen-bond donors (Lipinski definition) is 2. The van der Waals surface area contributed by atoms with E-state index < -0.39 is 17.7 Å². The minimum atomic E-state index is -0.945. The minimum Gasteiger partial charge on any atom is -0.384 e. The number of rotatable bonds is 11. The van der Waals surface area contributed by atoms with E-state index >= 15 is 0 Å². The fraction of sp³-hybridized carbons (Fsp3) is 0.824. The van der Waals surface area contributed by atoms with Gasteiger partial charge in [-0.2, -0.15) is 5.10 Å². The first-order chi connectivity index (χ1) is 12.6. The van der Waals surface area contributed by atoms with Gasteiger partial charge in [-0.3, -0.25) is 5.10 Å². The molecule has 0 aliphatic carbocycles. The Hall–Kier alpha value is -1.80. The van der Waals surface area contributed by atoms with Crippen molar-refractivity contribution in [2.75, 3.05) is 25.6 Å². The Balaban J connectivity index is 2.25. The Morgan fingerprint density at radius 1 is 1.38 bits per heavy atom. The van der Waals surface area contributed by atoms with Crippen LogP contribution in [-0.2, 0) is 14.2 Å². The normalized spacial score (nSPS) is 28.2. The molecule has 0 radical (unpaired) electrons. The van der Waals surface area contributed by atoms with Crippen LogP contribution in [0.25, 0.3) is 10.4 Å². The summed E-state index contributed by atoms with van der Waals surface area (Å²) in [5.74, 6) is 0.397. The second-order valence-electron chi connectivity index (χ2n) is 6.78. The summed E-state index contributed by atoms with van der Waals surface area (Å²) < 4.78 is 18.1. The Morgan fingerprint density at radius 2 is 2.12 bits per heavy atom. The highest BCUT2D eigenvalue weighted by Crippen LogP contribution is 2.47. The molecule has 0 aromatic carbocycles. The standard InChI is InChI=1S/C17H30N6O3/c1-4-6-8-24-11-13-15(25-9-7-5-2)17(3,22-23-19)14(26-13)12-10-20-21-16(12)18/h10,13-15H,4-9,11H2,1-3H3,(H3,18,20,21)/t13-,14?,15-,17+/m1/s1. The van der Waals surface area contributed by atoms with Crippen LogP contribution in [0.3, 0.4) is 0 Å². The molecule has 4 atom stereocenters. The van der Waals surface area contributed by atoms with Crippen LogP contribution >= 0.6 is 0 Å². The number of H-pyrrole nitrogens is 1. The Bertz CT molecular complexity index is 603. The van der Waals surface area contributed by atoms with E-state index in [1.807, 2.05) is 6.92 Å². The fourth-order valence-corrected chi connectivity index (χ4v) is 3.22. The number of nitrogens with two attached hydrogens (primary N) is 1. The Morgan fingerprint density at radius 3 is 2.73 bits per heavy atom. The molecule has 0 saturated carbocycles. The summed E-state index contributed by atoms with van der Waals surface area (Å²) in [4.78, 5) is 3.05. The van der Waals surface area contributed by atoms with Gasteiger partial charge in [-0.05, 0) is 25.3 Å². The van der Waals surface area contributed by atoms with Crippen molar-refractivity contribution >= 4 is 5.82 Å². The number of aromatic nitrogens is 2. The average molecular weight is 366 g/mol. The smallest absolute Gasteiger partial charge is 0.124 e. The number of unbranched alkanes of at least 4 members (excludes halogenated alkanes) is 2. The predicted octanol–water partition coefficient (Wildman–Crippen LogP) is 3.50. The van der Waals surface area contributed by atoms with E-state index in [2.05, 4.69) is 34.1 Å². The van der Waals surface area contributed by atoms with E-state index in [9.17, 15) is 0 Å². The van der Waals surface area contributed by atoms with Crippen LogP contribution < -0.4 is 5.73 Å². The van der Waals surface area contributed by atoms with Crippen LogP contribution in [-0.4, -0.2) is 47.8 Å². The molecule has 9 heteroatoms. The van der Waals surface area contributed by atoms with Gasteiger partial charge in [0.05, 0.1) is 18.9 Å². The van der Waals surface area contributed by atoms with E-state index in [0.717, 1.165) is 25.7 Å². The van der Waals surface area contributed by atoms with Crippen LogP contribution in [0, 0.1) is 0 Å². The first-order valence-corrected chi connectivity index (χ1v) is 9.28. The summed E-state index contributed by atoms with van der Waals surface area (Å²) in [7, 11) is 0. The molecule has 1 fully saturated rings. The van der Waals surface area contributed by atoms with Crippen LogP contribution in [0.5, 0.6) is 0 Å². The van der Waals surface area contributed by atoms with E-state index in [1.165, 1.54) is 0 Å². The lowest BCUT2D eigenvalue weighted by molar-refractivity contribution is -0.0665. The van der Waals surface area contributed by atoms with Crippen molar-refractivity contribution in [2.24, 2.45) is 5.11 Å². The number of ether oxygens (including phenoxy) is 3. The monoisotopic (exact) mass is 366 g/mol. The minimum absolute atomic E-state index is 0.349. The van der Waals surface area contributed by atoms with Crippen molar-refractivity contribution in [1.82, 2.24) is 10.2 Å². The molecule has 0 amide bonds. The summed E-state index contributed by atoms with van der Waals surface area (Å²) in [5.41, 5.74) is 14.9. The number of azide groups is 1. The zero-order valence-electron chi connectivity index (χ0n) is 15.9. The highest BCUT2D eigenvalue weighted by molar-refractivity contribution is 5.41. The van der Waals surface area contributed by atoms with Crippen LogP contribution in [0.2, 0.25) is 0 Å². The van der Waals surface area contributed by atoms with Gasteiger partial charge < -0.3 is 19.9 Å². The SMILES string of the molecule is CCCCOC[C@H]1OC(c2cn[nH]c2N)[C@](C)(N=[N+]=[N-])[C@@H]1OCCCC. The van der Waals surface area contributed by atoms with E-state index in [0.29, 0.717) is 31.2 Å². The Labute approximate surface area is 154 Å². The van der Waals surface area contributed by atoms with Gasteiger partial charge in [0.15, 0.2) is 0 Å². The van der Waals surface area contributed by atoms with Gasteiger partial charge >= 0.3 is 0 Å². The average Bonchev–Trinajstić information content (AvgIpc) is 3.14. The lowest BCUT2D eigenvalue weighted by Crippen LogP contribution is -2.44. The van der Waals surface area contributed by atoms with Crippen LogP contribution in [0.4, 0.5) is 5.82 Å². The summed E-state index contributed by atoms with van der Waals surface area (Å²) in [5, 5.41) is 10.7. The first-order valence-electron chi connectivity index (χ1n) is 9.28. The second kappa shape index (κ2) is 9.78. The molecular weight excluding hydrogens is 336 g/mol. The molecule has 26 heavy (non-hydrogen) atoms. The molecule has 1 aromatic heterocycles. The molecule has 3 N–H and O–H groups in total. The highest BCUT2D eigenvalue weighted by Gasteiger charge is 2.55. The third-order valence-electron chi connectivity index (χ3n) is 4.72. The van der Waals surface area contributed by atoms with Crippen molar-refractivity contribution in [3.05, 3.63) is 22.2 Å². The fourth-order valence-electron chi connectivity index (χ4n) is 3.22. The number of nitrogen functional groups attached to an aromatic ring is 1. The van der Waals surface area contributed by atoms with E-state index in [-0.39, 0.29) is 6.10 Å². The lowest BCUT2D eigenvalue weighted by atomic mass is 9.86. The van der Waals surface area contributed by atoms with Crippen molar-refractivity contribution in [1.29, 1.82) is 0 Å². The summed E-state index contributed by atoms with van der Waals surface area (Å²) >= 11 is 0. The summed E-state index contributed by atoms with van der Waals surface area (Å²) in [6, 6.07) is 0. The number of nitrogens with one attached hydrogen (secondary N) is 1. The zero-order chi connectivity index (χ0) is 19.0. The highest BCUT2D eigenvalue weighted by atomic mass is 16.6. The molecule has 146 valence electrons. The zero-order valence-corrected chi connectivity index (χ0v) is 15.9. The topological polar surface area (TPSA) is 131 Å². The van der Waals surface area contributed by atoms with Crippen molar-refractivity contribution < 1.29 is 14.2 Å². The molecule has 0 spiro atoms. The predicted molar refractivity (Wildman–Crippen MR) is 98.5 cm³/mol. The summed E-state index contributed by atoms with van der Waals surface area (Å²) in [6.45, 7) is 7.66. The second-order valence-corrected chi connectivity index (χ2v) is 6.78. The maximum absolute atomic E-state index is 9.16. The van der Waals surface area contributed by atoms with Crippen molar-refractivity contribution in [2.45, 2.75) is 70.3 Å². The van der Waals surface area contributed by atoms with E-state index in [4.69, 9.17) is 25.5 Å². The maximum atomic E-state index is 9.16. The number of anilines is 1. The van der Waals surface area contributed by atoms with Crippen LogP contribution in [0.15, 0.2) is 11.3 Å². The molecule has 0 bridgehead atoms. The van der Waals surface area contributed by atoms with Gasteiger partial charge in [0.2, 0.25) is 0 Å². The van der Waals surface area contributed by atoms with Gasteiger partial charge in [0.25, 0.3) is 0 Å². The van der Waals surface area contributed by atoms with Gasteiger partial charge in [0, 0.05) is 23.7 Å². The number of hydrogen-bond acceptors (Lipinski definition) is 6. The lowest BCUT2D eigenvalue weighted by Gasteiger charge is -2.30. The van der Waals surface area contributed by atoms with Crippen molar-refractivity contribution in [3.8, 4) is 0 Å². The third-order valence-corrected chi connectivity index (χ3v) is 4.72. The number of aromatic amines is 1. The van der Waals surface area contributed by atoms with Gasteiger partial charge in [-0.25, -0.2) is 0 Å². The molecule has 2 heterocycles. The molecular formula is C17H30N6O3. The quantitative estimate of drug-likeness (QED) is 0.268. The van der Waals surface area contributed by atoms with Crippen LogP contribution in [0.1, 0.15) is 58.1 Å². The maximum Gasteiger partial charge on any atom is 0.124 e. The Kier molecular flexibility index (Phi) is 7.71. The van der Waals surface area contributed by atoms with E-state index in [1.54, 1.807) is 6.20 Å². The van der Waals surface area contributed by atoms with Gasteiger partial charge in [0.1, 0.15) is 23.6 Å². The molecule has 9 nitrogen and oxygen atoms in total. The molecule has 2 rings (SSSR count). The summed E-state index contributed by atoms with van der Waals surface area (Å²) in [6.07, 6.45) is 4.26. The largest absolute Gasteiger partial charge is 0.384 e. The molecule has 1 unspecified atom stereocenters. The molecule has 1 aromatic rings.